The largest absolute Gasteiger partial charge is 0.321 e. The second-order valence-electron chi connectivity index (χ2n) is 3.45. The van der Waals surface area contributed by atoms with E-state index in [1.165, 1.54) is 12.3 Å². The monoisotopic (exact) mass is 376 g/mol. The molecule has 1 aromatic heterocycles. The molecule has 92 valence electrons. The molecular formula is C12H7ClFIN2O. The molecule has 0 atom stereocenters. The molecule has 0 aliphatic carbocycles. The van der Waals surface area contributed by atoms with Crippen molar-refractivity contribution in [2.45, 2.75) is 0 Å². The van der Waals surface area contributed by atoms with Gasteiger partial charge < -0.3 is 5.32 Å². The van der Waals surface area contributed by atoms with Gasteiger partial charge in [-0.15, -0.1) is 0 Å². The third-order valence-electron chi connectivity index (χ3n) is 2.17. The van der Waals surface area contributed by atoms with Crippen LogP contribution in [-0.2, 0) is 0 Å². The number of hydrogen-bond donors (Lipinski definition) is 1. The highest BCUT2D eigenvalue weighted by molar-refractivity contribution is 14.1. The summed E-state index contributed by atoms with van der Waals surface area (Å²) in [5, 5.41) is 2.94. The van der Waals surface area contributed by atoms with Crippen LogP contribution in [-0.4, -0.2) is 10.9 Å². The van der Waals surface area contributed by atoms with Gasteiger partial charge in [0.1, 0.15) is 11.0 Å². The van der Waals surface area contributed by atoms with Crippen molar-refractivity contribution in [2.75, 3.05) is 5.32 Å². The van der Waals surface area contributed by atoms with Gasteiger partial charge in [-0.2, -0.15) is 0 Å². The molecule has 0 saturated heterocycles. The van der Waals surface area contributed by atoms with Crippen LogP contribution in [0.2, 0.25) is 5.15 Å². The predicted octanol–water partition coefficient (Wildman–Crippen LogP) is 3.73. The summed E-state index contributed by atoms with van der Waals surface area (Å²) < 4.78 is 13.8. The third kappa shape index (κ3) is 3.17. The first-order chi connectivity index (χ1) is 8.56. The Morgan fingerprint density at radius 1 is 1.33 bits per heavy atom. The van der Waals surface area contributed by atoms with Gasteiger partial charge in [0, 0.05) is 9.13 Å². The van der Waals surface area contributed by atoms with Crippen LogP contribution in [0.25, 0.3) is 0 Å². The molecule has 2 aromatic rings. The van der Waals surface area contributed by atoms with Crippen LogP contribution in [0.4, 0.5) is 10.1 Å². The number of hydrogen-bond acceptors (Lipinski definition) is 2. The van der Waals surface area contributed by atoms with Gasteiger partial charge in [0.25, 0.3) is 5.91 Å². The standard InChI is InChI=1S/C12H7ClFIN2O/c13-11-4-2-8(6-16-11)17-12(18)7-1-3-10(15)9(14)5-7/h1-6H,(H,17,18). The molecule has 0 unspecified atom stereocenters. The van der Waals surface area contributed by atoms with Gasteiger partial charge in [0.15, 0.2) is 0 Å². The van der Waals surface area contributed by atoms with Crippen LogP contribution in [0.3, 0.4) is 0 Å². The van der Waals surface area contributed by atoms with E-state index < -0.39 is 11.7 Å². The lowest BCUT2D eigenvalue weighted by atomic mass is 10.2. The minimum atomic E-state index is -0.419. The van der Waals surface area contributed by atoms with Crippen molar-refractivity contribution in [1.29, 1.82) is 0 Å². The van der Waals surface area contributed by atoms with Crippen LogP contribution in [0.1, 0.15) is 10.4 Å². The van der Waals surface area contributed by atoms with E-state index in [1.54, 1.807) is 24.3 Å². The number of halogens is 3. The van der Waals surface area contributed by atoms with E-state index >= 15 is 0 Å². The lowest BCUT2D eigenvalue weighted by molar-refractivity contribution is 0.102. The van der Waals surface area contributed by atoms with Gasteiger partial charge in [0.2, 0.25) is 0 Å². The highest BCUT2D eigenvalue weighted by Gasteiger charge is 2.09. The minimum absolute atomic E-state index is 0.253. The van der Waals surface area contributed by atoms with Crippen molar-refractivity contribution in [3.8, 4) is 0 Å². The van der Waals surface area contributed by atoms with Crippen molar-refractivity contribution in [3.05, 3.63) is 56.6 Å². The van der Waals surface area contributed by atoms with Gasteiger partial charge >= 0.3 is 0 Å². The number of amides is 1. The Morgan fingerprint density at radius 3 is 2.72 bits per heavy atom. The molecule has 1 heterocycles. The zero-order valence-corrected chi connectivity index (χ0v) is 11.9. The first-order valence-electron chi connectivity index (χ1n) is 4.94. The van der Waals surface area contributed by atoms with Gasteiger partial charge in [0.05, 0.1) is 11.9 Å². The molecule has 6 heteroatoms. The quantitative estimate of drug-likeness (QED) is 0.641. The second-order valence-corrected chi connectivity index (χ2v) is 5.00. The molecule has 2 rings (SSSR count). The zero-order chi connectivity index (χ0) is 13.1. The van der Waals surface area contributed by atoms with Crippen molar-refractivity contribution < 1.29 is 9.18 Å². The fraction of sp³-hybridized carbons (Fsp3) is 0. The van der Waals surface area contributed by atoms with Crippen molar-refractivity contribution in [1.82, 2.24) is 4.98 Å². The number of carbonyl (C=O) groups is 1. The Kier molecular flexibility index (Phi) is 4.13. The lowest BCUT2D eigenvalue weighted by Gasteiger charge is -2.05. The molecule has 18 heavy (non-hydrogen) atoms. The maximum atomic E-state index is 13.3. The highest BCUT2D eigenvalue weighted by atomic mass is 127. The normalized spacial score (nSPS) is 10.2. The molecule has 1 amide bonds. The summed E-state index contributed by atoms with van der Waals surface area (Å²) in [6.45, 7) is 0. The van der Waals surface area contributed by atoms with E-state index in [9.17, 15) is 9.18 Å². The molecule has 0 spiro atoms. The molecular weight excluding hydrogens is 370 g/mol. The van der Waals surface area contributed by atoms with E-state index in [0.717, 1.165) is 0 Å². The van der Waals surface area contributed by atoms with Crippen molar-refractivity contribution in [3.63, 3.8) is 0 Å². The smallest absolute Gasteiger partial charge is 0.255 e. The molecule has 3 nitrogen and oxygen atoms in total. The number of anilines is 1. The summed E-state index contributed by atoms with van der Waals surface area (Å²) in [4.78, 5) is 15.7. The number of nitrogens with zero attached hydrogens (tertiary/aromatic N) is 1. The van der Waals surface area contributed by atoms with E-state index in [1.807, 2.05) is 22.6 Å². The Balaban J connectivity index is 2.16. The maximum Gasteiger partial charge on any atom is 0.255 e. The van der Waals surface area contributed by atoms with E-state index in [0.29, 0.717) is 14.4 Å². The van der Waals surface area contributed by atoms with Gasteiger partial charge in [-0.25, -0.2) is 9.37 Å². The summed E-state index contributed by atoms with van der Waals surface area (Å²) >= 11 is 7.49. The Hall–Kier alpha value is -1.21. The number of nitrogens with one attached hydrogen (secondary N) is 1. The van der Waals surface area contributed by atoms with Crippen molar-refractivity contribution >= 4 is 45.8 Å². The summed E-state index contributed by atoms with van der Waals surface area (Å²) in [6, 6.07) is 7.48. The van der Waals surface area contributed by atoms with Crippen LogP contribution >= 0.6 is 34.2 Å². The third-order valence-corrected chi connectivity index (χ3v) is 3.27. The first-order valence-corrected chi connectivity index (χ1v) is 6.40. The number of pyridine rings is 1. The fourth-order valence-corrected chi connectivity index (χ4v) is 1.74. The molecule has 1 aromatic carbocycles. The maximum absolute atomic E-state index is 13.3. The minimum Gasteiger partial charge on any atom is -0.321 e. The molecule has 0 aliphatic heterocycles. The SMILES string of the molecule is O=C(Nc1ccc(Cl)nc1)c1ccc(I)c(F)c1. The molecule has 0 saturated carbocycles. The zero-order valence-electron chi connectivity index (χ0n) is 8.95. The van der Waals surface area contributed by atoms with E-state index in [4.69, 9.17) is 11.6 Å². The summed E-state index contributed by atoms with van der Waals surface area (Å²) in [7, 11) is 0. The van der Waals surface area contributed by atoms with Crippen LogP contribution < -0.4 is 5.32 Å². The summed E-state index contributed by atoms with van der Waals surface area (Å²) in [6.07, 6.45) is 1.43. The Morgan fingerprint density at radius 2 is 2.11 bits per heavy atom. The average Bonchev–Trinajstić information content (AvgIpc) is 2.35. The van der Waals surface area contributed by atoms with Crippen molar-refractivity contribution in [2.24, 2.45) is 0 Å². The van der Waals surface area contributed by atoms with E-state index in [-0.39, 0.29) is 5.56 Å². The Labute approximate surface area is 122 Å². The molecule has 0 aliphatic rings. The Bertz CT molecular complexity index is 589. The number of rotatable bonds is 2. The molecule has 0 fully saturated rings. The number of aromatic nitrogens is 1. The average molecular weight is 377 g/mol. The van der Waals surface area contributed by atoms with Crippen LogP contribution in [0.15, 0.2) is 36.5 Å². The number of carbonyl (C=O) groups excluding carboxylic acids is 1. The number of benzene rings is 1. The molecule has 0 radical (unpaired) electrons. The molecule has 1 N–H and O–H groups in total. The fourth-order valence-electron chi connectivity index (χ4n) is 1.29. The van der Waals surface area contributed by atoms with Crippen LogP contribution in [0.5, 0.6) is 0 Å². The summed E-state index contributed by atoms with van der Waals surface area (Å²) in [5.41, 5.74) is 0.756. The van der Waals surface area contributed by atoms with Gasteiger partial charge in [-0.1, -0.05) is 11.6 Å². The lowest BCUT2D eigenvalue weighted by Crippen LogP contribution is -2.12. The van der Waals surface area contributed by atoms with Gasteiger partial charge in [-0.3, -0.25) is 4.79 Å². The highest BCUT2D eigenvalue weighted by Crippen LogP contribution is 2.15. The predicted molar refractivity (Wildman–Crippen MR) is 76.3 cm³/mol. The second kappa shape index (κ2) is 5.62. The van der Waals surface area contributed by atoms with Crippen LogP contribution in [0, 0.1) is 9.39 Å². The molecule has 0 bridgehead atoms. The summed E-state index contributed by atoms with van der Waals surface area (Å²) in [5.74, 6) is -0.813. The first kappa shape index (κ1) is 13.2. The van der Waals surface area contributed by atoms with E-state index in [2.05, 4.69) is 10.3 Å². The topological polar surface area (TPSA) is 42.0 Å². The van der Waals surface area contributed by atoms with Gasteiger partial charge in [-0.05, 0) is 52.9 Å².